The van der Waals surface area contributed by atoms with Crippen molar-refractivity contribution < 1.29 is 4.79 Å². The number of benzene rings is 2. The third-order valence-electron chi connectivity index (χ3n) is 3.27. The Morgan fingerprint density at radius 1 is 1.14 bits per heavy atom. The molecule has 0 radical (unpaired) electrons. The molecule has 4 heteroatoms. The Labute approximate surface area is 130 Å². The first-order valence-electron chi connectivity index (χ1n) is 6.92. The van der Waals surface area contributed by atoms with Crippen molar-refractivity contribution >= 4 is 23.3 Å². The molecule has 0 aromatic heterocycles. The van der Waals surface area contributed by atoms with Crippen LogP contribution < -0.4 is 10.6 Å². The molecule has 0 fully saturated rings. The summed E-state index contributed by atoms with van der Waals surface area (Å²) in [5, 5.41) is 6.43. The van der Waals surface area contributed by atoms with Gasteiger partial charge < -0.3 is 10.6 Å². The average Bonchev–Trinajstić information content (AvgIpc) is 2.44. The third kappa shape index (κ3) is 4.50. The van der Waals surface area contributed by atoms with Gasteiger partial charge in [0.25, 0.3) is 0 Å². The van der Waals surface area contributed by atoms with Crippen molar-refractivity contribution in [2.75, 3.05) is 11.9 Å². The van der Waals surface area contributed by atoms with Crippen LogP contribution in [0.15, 0.2) is 42.5 Å². The van der Waals surface area contributed by atoms with Gasteiger partial charge >= 0.3 is 6.03 Å². The van der Waals surface area contributed by atoms with Crippen LogP contribution in [0.1, 0.15) is 16.7 Å². The Morgan fingerprint density at radius 3 is 2.62 bits per heavy atom. The van der Waals surface area contributed by atoms with Gasteiger partial charge in [-0.15, -0.1) is 0 Å². The van der Waals surface area contributed by atoms with Gasteiger partial charge in [-0.05, 0) is 43.5 Å². The fourth-order valence-electron chi connectivity index (χ4n) is 2.13. The normalized spacial score (nSPS) is 10.2. The Balaban J connectivity index is 1.84. The number of anilines is 1. The molecule has 0 bridgehead atoms. The lowest BCUT2D eigenvalue weighted by molar-refractivity contribution is 0.252. The van der Waals surface area contributed by atoms with Crippen LogP contribution in [-0.2, 0) is 6.42 Å². The molecule has 0 aliphatic rings. The number of halogens is 1. The molecule has 0 saturated carbocycles. The zero-order valence-corrected chi connectivity index (χ0v) is 13.0. The van der Waals surface area contributed by atoms with E-state index in [2.05, 4.69) is 10.6 Å². The van der Waals surface area contributed by atoms with Crippen molar-refractivity contribution in [1.82, 2.24) is 5.32 Å². The van der Waals surface area contributed by atoms with Crippen LogP contribution in [0.3, 0.4) is 0 Å². The van der Waals surface area contributed by atoms with Gasteiger partial charge in [-0.2, -0.15) is 0 Å². The number of nitrogens with one attached hydrogen (secondary N) is 2. The van der Waals surface area contributed by atoms with Crippen LogP contribution in [0.25, 0.3) is 0 Å². The zero-order chi connectivity index (χ0) is 15.2. The number of aryl methyl sites for hydroxylation is 2. The second-order valence-corrected chi connectivity index (χ2v) is 5.45. The molecule has 0 atom stereocenters. The van der Waals surface area contributed by atoms with E-state index in [4.69, 9.17) is 11.6 Å². The summed E-state index contributed by atoms with van der Waals surface area (Å²) >= 11 is 6.08. The molecule has 0 saturated heterocycles. The molecule has 110 valence electrons. The van der Waals surface area contributed by atoms with Gasteiger partial charge in [-0.1, -0.05) is 47.5 Å². The average molecular weight is 303 g/mol. The van der Waals surface area contributed by atoms with Crippen LogP contribution in [0.5, 0.6) is 0 Å². The summed E-state index contributed by atoms with van der Waals surface area (Å²) in [6.45, 7) is 4.55. The molecule has 2 aromatic rings. The van der Waals surface area contributed by atoms with Crippen molar-refractivity contribution in [3.05, 3.63) is 64.2 Å². The lowest BCUT2D eigenvalue weighted by Crippen LogP contribution is -2.30. The molecule has 21 heavy (non-hydrogen) atoms. The molecule has 2 aromatic carbocycles. The second-order valence-electron chi connectivity index (χ2n) is 5.04. The minimum Gasteiger partial charge on any atom is -0.338 e. The Hall–Kier alpha value is -2.00. The van der Waals surface area contributed by atoms with Crippen LogP contribution in [0.4, 0.5) is 10.5 Å². The first-order chi connectivity index (χ1) is 10.1. The molecule has 0 spiro atoms. The van der Waals surface area contributed by atoms with E-state index >= 15 is 0 Å². The van der Waals surface area contributed by atoms with Gasteiger partial charge in [0.05, 0.1) is 0 Å². The van der Waals surface area contributed by atoms with E-state index < -0.39 is 0 Å². The second kappa shape index (κ2) is 7.14. The third-order valence-corrected chi connectivity index (χ3v) is 3.64. The van der Waals surface area contributed by atoms with Gasteiger partial charge in [0, 0.05) is 17.3 Å². The van der Waals surface area contributed by atoms with Crippen LogP contribution in [-0.4, -0.2) is 12.6 Å². The molecular weight excluding hydrogens is 284 g/mol. The number of carbonyl (C=O) groups is 1. The summed E-state index contributed by atoms with van der Waals surface area (Å²) in [7, 11) is 0. The van der Waals surface area contributed by atoms with Gasteiger partial charge in [-0.3, -0.25) is 0 Å². The zero-order valence-electron chi connectivity index (χ0n) is 12.2. The SMILES string of the molecule is Cc1ccc(NC(=O)NCCc2ccccc2Cl)c(C)c1. The number of rotatable bonds is 4. The topological polar surface area (TPSA) is 41.1 Å². The van der Waals surface area contributed by atoms with E-state index in [9.17, 15) is 4.79 Å². The Bertz CT molecular complexity index is 640. The summed E-state index contributed by atoms with van der Waals surface area (Å²) in [5.74, 6) is 0. The van der Waals surface area contributed by atoms with Crippen LogP contribution in [0.2, 0.25) is 5.02 Å². The molecule has 3 nitrogen and oxygen atoms in total. The maximum absolute atomic E-state index is 11.9. The number of carbonyl (C=O) groups excluding carboxylic acids is 1. The predicted molar refractivity (Wildman–Crippen MR) is 88.1 cm³/mol. The Morgan fingerprint density at radius 2 is 1.90 bits per heavy atom. The van der Waals surface area contributed by atoms with E-state index in [1.807, 2.05) is 56.3 Å². The highest BCUT2D eigenvalue weighted by molar-refractivity contribution is 6.31. The van der Waals surface area contributed by atoms with Crippen molar-refractivity contribution in [3.8, 4) is 0 Å². The standard InChI is InChI=1S/C17H19ClN2O/c1-12-7-8-16(13(2)11-12)20-17(21)19-10-9-14-5-3-4-6-15(14)18/h3-8,11H,9-10H2,1-2H3,(H2,19,20,21). The molecule has 0 aliphatic carbocycles. The van der Waals surface area contributed by atoms with Crippen LogP contribution >= 0.6 is 11.6 Å². The summed E-state index contributed by atoms with van der Waals surface area (Å²) in [6.07, 6.45) is 0.708. The van der Waals surface area contributed by atoms with Crippen molar-refractivity contribution in [2.45, 2.75) is 20.3 Å². The summed E-state index contributed by atoms with van der Waals surface area (Å²) in [4.78, 5) is 11.9. The highest BCUT2D eigenvalue weighted by atomic mass is 35.5. The first-order valence-corrected chi connectivity index (χ1v) is 7.29. The molecule has 0 aliphatic heterocycles. The maximum atomic E-state index is 11.9. The van der Waals surface area contributed by atoms with E-state index in [-0.39, 0.29) is 6.03 Å². The highest BCUT2D eigenvalue weighted by Gasteiger charge is 2.05. The largest absolute Gasteiger partial charge is 0.338 e. The minimum absolute atomic E-state index is 0.200. The number of urea groups is 1. The van der Waals surface area contributed by atoms with E-state index in [1.54, 1.807) is 0 Å². The summed E-state index contributed by atoms with van der Waals surface area (Å²) in [5.41, 5.74) is 4.09. The smallest absolute Gasteiger partial charge is 0.319 e. The van der Waals surface area contributed by atoms with E-state index in [0.717, 1.165) is 21.8 Å². The molecular formula is C17H19ClN2O. The lowest BCUT2D eigenvalue weighted by atomic mass is 10.1. The predicted octanol–water partition coefficient (Wildman–Crippen LogP) is 4.32. The molecule has 0 unspecified atom stereocenters. The monoisotopic (exact) mass is 302 g/mol. The fourth-order valence-corrected chi connectivity index (χ4v) is 2.36. The molecule has 2 amide bonds. The molecule has 2 rings (SSSR count). The van der Waals surface area contributed by atoms with E-state index in [1.165, 1.54) is 5.56 Å². The van der Waals surface area contributed by atoms with Crippen molar-refractivity contribution in [3.63, 3.8) is 0 Å². The first kappa shape index (κ1) is 15.4. The van der Waals surface area contributed by atoms with Crippen molar-refractivity contribution in [2.24, 2.45) is 0 Å². The van der Waals surface area contributed by atoms with Gasteiger partial charge in [0.2, 0.25) is 0 Å². The Kier molecular flexibility index (Phi) is 5.23. The number of hydrogen-bond donors (Lipinski definition) is 2. The summed E-state index contributed by atoms with van der Waals surface area (Å²) in [6, 6.07) is 13.4. The van der Waals surface area contributed by atoms with Gasteiger partial charge in [0.15, 0.2) is 0 Å². The fraction of sp³-hybridized carbons (Fsp3) is 0.235. The summed E-state index contributed by atoms with van der Waals surface area (Å²) < 4.78 is 0. The van der Waals surface area contributed by atoms with Gasteiger partial charge in [0.1, 0.15) is 0 Å². The van der Waals surface area contributed by atoms with Crippen molar-refractivity contribution in [1.29, 1.82) is 0 Å². The minimum atomic E-state index is -0.200. The van der Waals surface area contributed by atoms with Crippen LogP contribution in [0, 0.1) is 13.8 Å². The highest BCUT2D eigenvalue weighted by Crippen LogP contribution is 2.16. The quantitative estimate of drug-likeness (QED) is 0.867. The molecule has 2 N–H and O–H groups in total. The lowest BCUT2D eigenvalue weighted by Gasteiger charge is -2.11. The van der Waals surface area contributed by atoms with Gasteiger partial charge in [-0.25, -0.2) is 4.79 Å². The van der Waals surface area contributed by atoms with E-state index in [0.29, 0.717) is 13.0 Å². The maximum Gasteiger partial charge on any atom is 0.319 e. The number of amides is 2. The molecule has 0 heterocycles. The number of hydrogen-bond acceptors (Lipinski definition) is 1.